The molecule has 17 heavy (non-hydrogen) atoms. The van der Waals surface area contributed by atoms with Crippen LogP contribution in [0, 0.1) is 12.3 Å². The summed E-state index contributed by atoms with van der Waals surface area (Å²) in [6.45, 7) is 1.13. The summed E-state index contributed by atoms with van der Waals surface area (Å²) < 4.78 is 0. The predicted octanol–water partition coefficient (Wildman–Crippen LogP) is 1.52. The monoisotopic (exact) mass is 250 g/mol. The topological polar surface area (TPSA) is 32.3 Å². The fourth-order valence-electron chi connectivity index (χ4n) is 1.35. The second-order valence-electron chi connectivity index (χ2n) is 3.65. The molecule has 3 nitrogen and oxygen atoms in total. The predicted molar refractivity (Wildman–Crippen MR) is 69.6 cm³/mol. The molecular formula is C13H15ClN2O. The highest BCUT2D eigenvalue weighted by Gasteiger charge is 2.09. The Labute approximate surface area is 107 Å². The van der Waals surface area contributed by atoms with Gasteiger partial charge in [0.2, 0.25) is 5.91 Å². The van der Waals surface area contributed by atoms with Gasteiger partial charge in [-0.05, 0) is 11.6 Å². The average molecular weight is 251 g/mol. The number of nitrogens with zero attached hydrogens (tertiary/aromatic N) is 1. The fraction of sp³-hybridized carbons (Fsp3) is 0.308. The first-order valence-corrected chi connectivity index (χ1v) is 5.64. The minimum atomic E-state index is -0.0137. The van der Waals surface area contributed by atoms with Gasteiger partial charge in [-0.1, -0.05) is 35.7 Å². The summed E-state index contributed by atoms with van der Waals surface area (Å²) in [6, 6.07) is 7.48. The minimum absolute atomic E-state index is 0.0137. The summed E-state index contributed by atoms with van der Waals surface area (Å²) in [5.74, 6) is 2.40. The molecule has 0 aliphatic rings. The molecule has 1 rings (SSSR count). The number of likely N-dealkylation sites (N-methyl/N-ethyl adjacent to an activating group) is 1. The molecule has 0 saturated carbocycles. The van der Waals surface area contributed by atoms with E-state index in [1.807, 2.05) is 24.3 Å². The normalized spacial score (nSPS) is 9.71. The largest absolute Gasteiger partial charge is 0.340 e. The second kappa shape index (κ2) is 6.95. The number of halogens is 1. The Kier molecular flexibility index (Phi) is 5.55. The van der Waals surface area contributed by atoms with Gasteiger partial charge in [-0.25, -0.2) is 0 Å². The molecule has 0 aromatic heterocycles. The van der Waals surface area contributed by atoms with E-state index in [1.54, 1.807) is 11.9 Å². The van der Waals surface area contributed by atoms with Crippen LogP contribution in [0.2, 0.25) is 5.02 Å². The molecule has 1 amide bonds. The maximum Gasteiger partial charge on any atom is 0.236 e. The number of amides is 1. The zero-order valence-electron chi connectivity index (χ0n) is 9.74. The van der Waals surface area contributed by atoms with Crippen molar-refractivity contribution < 1.29 is 4.79 Å². The first-order valence-electron chi connectivity index (χ1n) is 5.26. The molecule has 1 N–H and O–H groups in total. The quantitative estimate of drug-likeness (QED) is 0.635. The van der Waals surface area contributed by atoms with Crippen LogP contribution in [-0.4, -0.2) is 30.9 Å². The molecule has 0 saturated heterocycles. The van der Waals surface area contributed by atoms with Gasteiger partial charge in [0.1, 0.15) is 0 Å². The molecule has 0 atom stereocenters. The lowest BCUT2D eigenvalue weighted by molar-refractivity contribution is -0.129. The first-order chi connectivity index (χ1) is 8.15. The Morgan fingerprint density at radius 1 is 1.53 bits per heavy atom. The lowest BCUT2D eigenvalue weighted by Gasteiger charge is -2.18. The summed E-state index contributed by atoms with van der Waals surface area (Å²) in [5.41, 5.74) is 0.932. The van der Waals surface area contributed by atoms with Gasteiger partial charge >= 0.3 is 0 Å². The molecule has 0 radical (unpaired) electrons. The van der Waals surface area contributed by atoms with E-state index in [4.69, 9.17) is 18.0 Å². The maximum atomic E-state index is 11.7. The smallest absolute Gasteiger partial charge is 0.236 e. The highest BCUT2D eigenvalue weighted by Crippen LogP contribution is 2.16. The molecular weight excluding hydrogens is 236 g/mol. The van der Waals surface area contributed by atoms with Gasteiger partial charge in [-0.15, -0.1) is 6.42 Å². The van der Waals surface area contributed by atoms with Crippen molar-refractivity contribution in [3.8, 4) is 12.3 Å². The molecule has 4 heteroatoms. The van der Waals surface area contributed by atoms with Crippen molar-refractivity contribution >= 4 is 17.5 Å². The van der Waals surface area contributed by atoms with E-state index in [-0.39, 0.29) is 12.5 Å². The number of nitrogens with one attached hydrogen (secondary N) is 1. The SMILES string of the molecule is C#CCNCC(=O)N(C)Cc1ccccc1Cl. The van der Waals surface area contributed by atoms with Gasteiger partial charge in [0.15, 0.2) is 0 Å². The number of benzene rings is 1. The highest BCUT2D eigenvalue weighted by molar-refractivity contribution is 6.31. The molecule has 0 heterocycles. The zero-order chi connectivity index (χ0) is 12.7. The van der Waals surface area contributed by atoms with Crippen molar-refractivity contribution in [3.05, 3.63) is 34.9 Å². The van der Waals surface area contributed by atoms with Crippen LogP contribution in [-0.2, 0) is 11.3 Å². The van der Waals surface area contributed by atoms with Gasteiger partial charge in [-0.3, -0.25) is 10.1 Å². The number of hydrogen-bond donors (Lipinski definition) is 1. The first kappa shape index (κ1) is 13.6. The number of terminal acetylenes is 1. The number of carbonyl (C=O) groups excluding carboxylic acids is 1. The van der Waals surface area contributed by atoms with Crippen molar-refractivity contribution in [1.29, 1.82) is 0 Å². The standard InChI is InChI=1S/C13H15ClN2O/c1-3-8-15-9-13(17)16(2)10-11-6-4-5-7-12(11)14/h1,4-7,15H,8-10H2,2H3. The minimum Gasteiger partial charge on any atom is -0.340 e. The highest BCUT2D eigenvalue weighted by atomic mass is 35.5. The Morgan fingerprint density at radius 3 is 2.88 bits per heavy atom. The lowest BCUT2D eigenvalue weighted by Crippen LogP contribution is -2.35. The van der Waals surface area contributed by atoms with Gasteiger partial charge in [0.05, 0.1) is 13.1 Å². The van der Waals surface area contributed by atoms with Crippen molar-refractivity contribution in [2.75, 3.05) is 20.1 Å². The summed E-state index contributed by atoms with van der Waals surface area (Å²) in [4.78, 5) is 13.3. The zero-order valence-corrected chi connectivity index (χ0v) is 10.5. The van der Waals surface area contributed by atoms with E-state index in [0.717, 1.165) is 5.56 Å². The van der Waals surface area contributed by atoms with Gasteiger partial charge in [0.25, 0.3) is 0 Å². The molecule has 0 aliphatic heterocycles. The Morgan fingerprint density at radius 2 is 2.24 bits per heavy atom. The molecule has 0 unspecified atom stereocenters. The molecule has 90 valence electrons. The molecule has 1 aromatic rings. The van der Waals surface area contributed by atoms with Crippen LogP contribution in [0.15, 0.2) is 24.3 Å². The summed E-state index contributed by atoms with van der Waals surface area (Å²) >= 11 is 6.02. The van der Waals surface area contributed by atoms with Gasteiger partial charge < -0.3 is 4.90 Å². The Balaban J connectivity index is 2.49. The van der Waals surface area contributed by atoms with E-state index in [0.29, 0.717) is 18.1 Å². The van der Waals surface area contributed by atoms with Crippen LogP contribution in [0.1, 0.15) is 5.56 Å². The van der Waals surface area contributed by atoms with Gasteiger partial charge in [-0.2, -0.15) is 0 Å². The molecule has 0 aliphatic carbocycles. The fourth-order valence-corrected chi connectivity index (χ4v) is 1.54. The third-order valence-corrected chi connectivity index (χ3v) is 2.66. The van der Waals surface area contributed by atoms with Crippen molar-refractivity contribution in [2.45, 2.75) is 6.54 Å². The number of rotatable bonds is 5. The molecule has 1 aromatic carbocycles. The Bertz CT molecular complexity index is 426. The maximum absolute atomic E-state index is 11.7. The summed E-state index contributed by atoms with van der Waals surface area (Å²) in [5, 5.41) is 3.53. The van der Waals surface area contributed by atoms with E-state index >= 15 is 0 Å². The second-order valence-corrected chi connectivity index (χ2v) is 4.06. The van der Waals surface area contributed by atoms with Crippen molar-refractivity contribution in [2.24, 2.45) is 0 Å². The van der Waals surface area contributed by atoms with Crippen LogP contribution in [0.25, 0.3) is 0 Å². The average Bonchev–Trinajstić information content (AvgIpc) is 2.32. The van der Waals surface area contributed by atoms with Crippen LogP contribution in [0.4, 0.5) is 0 Å². The molecule has 0 fully saturated rings. The molecule has 0 bridgehead atoms. The lowest BCUT2D eigenvalue weighted by atomic mass is 10.2. The summed E-state index contributed by atoms with van der Waals surface area (Å²) in [6.07, 6.45) is 5.08. The van der Waals surface area contributed by atoms with Crippen LogP contribution in [0.5, 0.6) is 0 Å². The number of hydrogen-bond acceptors (Lipinski definition) is 2. The van der Waals surface area contributed by atoms with Crippen LogP contribution in [0.3, 0.4) is 0 Å². The van der Waals surface area contributed by atoms with Gasteiger partial charge in [0, 0.05) is 18.6 Å². The van der Waals surface area contributed by atoms with E-state index in [1.165, 1.54) is 0 Å². The number of carbonyl (C=O) groups is 1. The Hall–Kier alpha value is -1.50. The molecule has 0 spiro atoms. The van der Waals surface area contributed by atoms with E-state index in [9.17, 15) is 4.79 Å². The third kappa shape index (κ3) is 4.48. The third-order valence-electron chi connectivity index (χ3n) is 2.29. The summed E-state index contributed by atoms with van der Waals surface area (Å²) in [7, 11) is 1.74. The van der Waals surface area contributed by atoms with Crippen molar-refractivity contribution in [3.63, 3.8) is 0 Å². The van der Waals surface area contributed by atoms with Crippen LogP contribution >= 0.6 is 11.6 Å². The van der Waals surface area contributed by atoms with Crippen molar-refractivity contribution in [1.82, 2.24) is 10.2 Å². The van der Waals surface area contributed by atoms with E-state index in [2.05, 4.69) is 11.2 Å². The van der Waals surface area contributed by atoms with E-state index < -0.39 is 0 Å². The van der Waals surface area contributed by atoms with Crippen LogP contribution < -0.4 is 5.32 Å².